The summed E-state index contributed by atoms with van der Waals surface area (Å²) in [6.45, 7) is 6.35. The van der Waals surface area contributed by atoms with Crippen LogP contribution < -0.4 is 10.5 Å². The van der Waals surface area contributed by atoms with Crippen LogP contribution in [0.1, 0.15) is 37.3 Å². The number of ether oxygens (including phenoxy) is 1. The molecule has 0 aliphatic carbocycles. The van der Waals surface area contributed by atoms with Gasteiger partial charge in [-0.3, -0.25) is 0 Å². The topological polar surface area (TPSA) is 72.5 Å². The normalized spacial score (nSPS) is 12.5. The molecule has 0 spiro atoms. The molecule has 0 saturated carbocycles. The van der Waals surface area contributed by atoms with Crippen molar-refractivity contribution in [2.45, 2.75) is 39.2 Å². The number of carbonyl (C=O) groups is 1. The Morgan fingerprint density at radius 1 is 1.44 bits per heavy atom. The Bertz CT molecular complexity index is 416. The molecule has 4 heteroatoms. The fourth-order valence-corrected chi connectivity index (χ4v) is 1.76. The lowest BCUT2D eigenvalue weighted by Gasteiger charge is -2.19. The van der Waals surface area contributed by atoms with E-state index in [9.17, 15) is 4.79 Å². The second-order valence-corrected chi connectivity index (χ2v) is 4.72. The summed E-state index contributed by atoms with van der Waals surface area (Å²) in [5.74, 6) is -0.0459. The van der Waals surface area contributed by atoms with Crippen molar-refractivity contribution in [3.8, 4) is 5.75 Å². The van der Waals surface area contributed by atoms with Gasteiger partial charge in [0.25, 0.3) is 0 Å². The highest BCUT2D eigenvalue weighted by molar-refractivity contribution is 5.72. The molecule has 1 aromatic carbocycles. The molecule has 0 heterocycles. The standard InChI is InChI=1S/C14H21NO3/c1-9(2)11-5-4-10(3)8-13(11)18-12(6-7-15)14(16)17/h4-5,8-9,12H,6-7,15H2,1-3H3,(H,16,17). The van der Waals surface area contributed by atoms with Gasteiger partial charge in [0.1, 0.15) is 5.75 Å². The van der Waals surface area contributed by atoms with E-state index in [0.717, 1.165) is 11.1 Å². The van der Waals surface area contributed by atoms with Gasteiger partial charge in [-0.05, 0) is 36.6 Å². The third kappa shape index (κ3) is 3.74. The van der Waals surface area contributed by atoms with E-state index in [2.05, 4.69) is 13.8 Å². The molecule has 1 unspecified atom stereocenters. The van der Waals surface area contributed by atoms with Crippen molar-refractivity contribution in [2.75, 3.05) is 6.54 Å². The molecular weight excluding hydrogens is 230 g/mol. The summed E-state index contributed by atoms with van der Waals surface area (Å²) < 4.78 is 5.61. The van der Waals surface area contributed by atoms with E-state index >= 15 is 0 Å². The molecular formula is C14H21NO3. The predicted molar refractivity (Wildman–Crippen MR) is 71.0 cm³/mol. The monoisotopic (exact) mass is 251 g/mol. The average Bonchev–Trinajstić information content (AvgIpc) is 2.28. The molecule has 100 valence electrons. The lowest BCUT2D eigenvalue weighted by atomic mass is 10.0. The summed E-state index contributed by atoms with van der Waals surface area (Å²) in [5, 5.41) is 9.08. The summed E-state index contributed by atoms with van der Waals surface area (Å²) >= 11 is 0. The van der Waals surface area contributed by atoms with Crippen LogP contribution >= 0.6 is 0 Å². The summed E-state index contributed by atoms with van der Waals surface area (Å²) in [7, 11) is 0. The predicted octanol–water partition coefficient (Wildman–Crippen LogP) is 2.30. The third-order valence-electron chi connectivity index (χ3n) is 2.76. The second kappa shape index (κ2) is 6.40. The minimum absolute atomic E-state index is 0.285. The van der Waals surface area contributed by atoms with Crippen molar-refractivity contribution >= 4 is 5.97 Å². The molecule has 1 atom stereocenters. The van der Waals surface area contributed by atoms with Crippen LogP contribution in [-0.4, -0.2) is 23.7 Å². The zero-order valence-corrected chi connectivity index (χ0v) is 11.1. The number of hydrogen-bond donors (Lipinski definition) is 2. The van der Waals surface area contributed by atoms with Gasteiger partial charge in [-0.25, -0.2) is 4.79 Å². The molecule has 0 aromatic heterocycles. The summed E-state index contributed by atoms with van der Waals surface area (Å²) in [5.41, 5.74) is 7.47. The first-order valence-electron chi connectivity index (χ1n) is 6.15. The van der Waals surface area contributed by atoms with Crippen LogP contribution in [0.15, 0.2) is 18.2 Å². The summed E-state index contributed by atoms with van der Waals surface area (Å²) in [6, 6.07) is 5.86. The second-order valence-electron chi connectivity index (χ2n) is 4.72. The van der Waals surface area contributed by atoms with Crippen molar-refractivity contribution in [2.24, 2.45) is 5.73 Å². The van der Waals surface area contributed by atoms with E-state index in [-0.39, 0.29) is 5.92 Å². The molecule has 18 heavy (non-hydrogen) atoms. The smallest absolute Gasteiger partial charge is 0.344 e. The minimum Gasteiger partial charge on any atom is -0.479 e. The first kappa shape index (κ1) is 14.5. The van der Waals surface area contributed by atoms with Crippen LogP contribution in [0, 0.1) is 6.92 Å². The van der Waals surface area contributed by atoms with E-state index in [0.29, 0.717) is 18.7 Å². The summed E-state index contributed by atoms with van der Waals surface area (Å²) in [4.78, 5) is 11.1. The summed E-state index contributed by atoms with van der Waals surface area (Å²) in [6.07, 6.45) is -0.574. The van der Waals surface area contributed by atoms with E-state index in [4.69, 9.17) is 15.6 Å². The Hall–Kier alpha value is -1.55. The Balaban J connectivity index is 3.00. The van der Waals surface area contributed by atoms with Crippen molar-refractivity contribution in [3.05, 3.63) is 29.3 Å². The highest BCUT2D eigenvalue weighted by Crippen LogP contribution is 2.28. The SMILES string of the molecule is Cc1ccc(C(C)C)c(OC(CCN)C(=O)O)c1. The maximum Gasteiger partial charge on any atom is 0.344 e. The maximum absolute atomic E-state index is 11.1. The van der Waals surface area contributed by atoms with Gasteiger partial charge in [-0.2, -0.15) is 0 Å². The molecule has 0 fully saturated rings. The van der Waals surface area contributed by atoms with Gasteiger partial charge in [0, 0.05) is 6.42 Å². The molecule has 3 N–H and O–H groups in total. The largest absolute Gasteiger partial charge is 0.479 e. The highest BCUT2D eigenvalue weighted by Gasteiger charge is 2.20. The Morgan fingerprint density at radius 2 is 2.11 bits per heavy atom. The van der Waals surface area contributed by atoms with Gasteiger partial charge >= 0.3 is 5.97 Å². The van der Waals surface area contributed by atoms with Crippen LogP contribution in [0.5, 0.6) is 5.75 Å². The van der Waals surface area contributed by atoms with Gasteiger partial charge in [-0.15, -0.1) is 0 Å². The molecule has 1 rings (SSSR count). The number of benzene rings is 1. The quantitative estimate of drug-likeness (QED) is 0.813. The van der Waals surface area contributed by atoms with Crippen LogP contribution in [0.3, 0.4) is 0 Å². The van der Waals surface area contributed by atoms with Gasteiger partial charge in [0.2, 0.25) is 0 Å². The number of hydrogen-bond acceptors (Lipinski definition) is 3. The number of rotatable bonds is 6. The molecule has 0 aliphatic heterocycles. The number of aryl methyl sites for hydroxylation is 1. The van der Waals surface area contributed by atoms with Crippen molar-refractivity contribution in [3.63, 3.8) is 0 Å². The maximum atomic E-state index is 11.1. The fraction of sp³-hybridized carbons (Fsp3) is 0.500. The molecule has 4 nitrogen and oxygen atoms in total. The lowest BCUT2D eigenvalue weighted by molar-refractivity contribution is -0.145. The molecule has 0 radical (unpaired) electrons. The number of carboxylic acids is 1. The van der Waals surface area contributed by atoms with Gasteiger partial charge < -0.3 is 15.6 Å². The Labute approximate surface area is 108 Å². The van der Waals surface area contributed by atoms with Crippen LogP contribution in [-0.2, 0) is 4.79 Å². The van der Waals surface area contributed by atoms with E-state index < -0.39 is 12.1 Å². The van der Waals surface area contributed by atoms with E-state index in [1.165, 1.54) is 0 Å². The molecule has 0 aliphatic rings. The number of nitrogens with two attached hydrogens (primary N) is 1. The minimum atomic E-state index is -0.975. The van der Waals surface area contributed by atoms with Gasteiger partial charge in [0.15, 0.2) is 6.10 Å². The van der Waals surface area contributed by atoms with Crippen molar-refractivity contribution in [1.29, 1.82) is 0 Å². The van der Waals surface area contributed by atoms with Crippen molar-refractivity contribution in [1.82, 2.24) is 0 Å². The molecule has 0 bridgehead atoms. The third-order valence-corrected chi connectivity index (χ3v) is 2.76. The molecule has 0 saturated heterocycles. The fourth-order valence-electron chi connectivity index (χ4n) is 1.76. The Morgan fingerprint density at radius 3 is 2.61 bits per heavy atom. The van der Waals surface area contributed by atoms with Gasteiger partial charge in [-0.1, -0.05) is 26.0 Å². The van der Waals surface area contributed by atoms with E-state index in [1.807, 2.05) is 25.1 Å². The van der Waals surface area contributed by atoms with Crippen LogP contribution in [0.2, 0.25) is 0 Å². The van der Waals surface area contributed by atoms with E-state index in [1.54, 1.807) is 0 Å². The van der Waals surface area contributed by atoms with Crippen LogP contribution in [0.4, 0.5) is 0 Å². The zero-order valence-electron chi connectivity index (χ0n) is 11.1. The van der Waals surface area contributed by atoms with Crippen molar-refractivity contribution < 1.29 is 14.6 Å². The average molecular weight is 251 g/mol. The zero-order chi connectivity index (χ0) is 13.7. The number of carboxylic acid groups (broad SMARTS) is 1. The lowest BCUT2D eigenvalue weighted by Crippen LogP contribution is -2.30. The highest BCUT2D eigenvalue weighted by atomic mass is 16.5. The Kier molecular flexibility index (Phi) is 5.16. The van der Waals surface area contributed by atoms with Crippen LogP contribution in [0.25, 0.3) is 0 Å². The first-order chi connectivity index (χ1) is 8.45. The first-order valence-corrected chi connectivity index (χ1v) is 6.15. The van der Waals surface area contributed by atoms with Gasteiger partial charge in [0.05, 0.1) is 0 Å². The molecule has 0 amide bonds. The molecule has 1 aromatic rings. The number of aliphatic carboxylic acids is 1.